The van der Waals surface area contributed by atoms with E-state index in [1.54, 1.807) is 18.2 Å². The second-order valence-electron chi connectivity index (χ2n) is 5.67. The van der Waals surface area contributed by atoms with Gasteiger partial charge in [0.05, 0.1) is 0 Å². The summed E-state index contributed by atoms with van der Waals surface area (Å²) in [6, 6.07) is 4.96. The highest BCUT2D eigenvalue weighted by atomic mass is 35.5. The third-order valence-corrected chi connectivity index (χ3v) is 3.90. The second kappa shape index (κ2) is 7.10. The topological polar surface area (TPSA) is 57.5 Å². The Hall–Kier alpha value is -1.32. The van der Waals surface area contributed by atoms with Crippen LogP contribution in [0.2, 0.25) is 5.02 Å². The molecule has 0 fully saturated rings. The number of aliphatic carboxylic acids is 1. The fraction of sp³-hybridized carbons (Fsp3) is 0.471. The van der Waals surface area contributed by atoms with Gasteiger partial charge in [-0.15, -0.1) is 0 Å². The van der Waals surface area contributed by atoms with Crippen LogP contribution in [0.3, 0.4) is 0 Å². The van der Waals surface area contributed by atoms with E-state index < -0.39 is 11.6 Å². The van der Waals surface area contributed by atoms with Crippen LogP contribution in [-0.4, -0.2) is 16.2 Å². The van der Waals surface area contributed by atoms with Crippen molar-refractivity contribution < 1.29 is 15.0 Å². The minimum absolute atomic E-state index is 0.0762. The van der Waals surface area contributed by atoms with E-state index in [2.05, 4.69) is 19.9 Å². The highest BCUT2D eigenvalue weighted by molar-refractivity contribution is 6.30. The molecule has 1 aromatic carbocycles. The molecule has 0 aliphatic carbocycles. The SMILES string of the molecule is CC/C=C(/C)CC(C)c1cc(Cl)ccc1C(C)(O)C(=O)O. The Labute approximate surface area is 131 Å². The molecule has 4 heteroatoms. The van der Waals surface area contributed by atoms with Gasteiger partial charge in [-0.2, -0.15) is 0 Å². The third kappa shape index (κ3) is 4.32. The molecule has 116 valence electrons. The molecule has 1 aromatic rings. The van der Waals surface area contributed by atoms with Gasteiger partial charge >= 0.3 is 5.97 Å². The van der Waals surface area contributed by atoms with Gasteiger partial charge in [-0.3, -0.25) is 0 Å². The fourth-order valence-electron chi connectivity index (χ4n) is 2.52. The van der Waals surface area contributed by atoms with Crippen LogP contribution in [0.4, 0.5) is 0 Å². The Balaban J connectivity index is 3.25. The number of rotatable bonds is 6. The molecule has 0 saturated heterocycles. The molecule has 0 heterocycles. The van der Waals surface area contributed by atoms with Crippen LogP contribution < -0.4 is 0 Å². The van der Waals surface area contributed by atoms with Crippen LogP contribution in [0.1, 0.15) is 57.6 Å². The maximum Gasteiger partial charge on any atom is 0.340 e. The largest absolute Gasteiger partial charge is 0.479 e. The standard InChI is InChI=1S/C17H23ClO3/c1-5-6-11(2)9-12(3)14-10-13(18)7-8-15(14)17(4,21)16(19)20/h6-8,10,12,21H,5,9H2,1-4H3,(H,19,20)/b11-6-. The first kappa shape index (κ1) is 17.7. The molecule has 1 rings (SSSR count). The van der Waals surface area contributed by atoms with Crippen molar-refractivity contribution in [1.29, 1.82) is 0 Å². The van der Waals surface area contributed by atoms with Crippen molar-refractivity contribution in [3.8, 4) is 0 Å². The molecule has 0 amide bonds. The Morgan fingerprint density at radius 3 is 2.62 bits per heavy atom. The minimum Gasteiger partial charge on any atom is -0.479 e. The number of hydrogen-bond donors (Lipinski definition) is 2. The first-order valence-corrected chi connectivity index (χ1v) is 7.49. The summed E-state index contributed by atoms with van der Waals surface area (Å²) >= 11 is 6.04. The average Bonchev–Trinajstić information content (AvgIpc) is 2.38. The summed E-state index contributed by atoms with van der Waals surface area (Å²) in [5, 5.41) is 20.0. The molecule has 0 aliphatic rings. The Bertz CT molecular complexity index is 547. The van der Waals surface area contributed by atoms with Crippen molar-refractivity contribution in [2.45, 2.75) is 52.1 Å². The van der Waals surface area contributed by atoms with Crippen molar-refractivity contribution in [2.24, 2.45) is 0 Å². The van der Waals surface area contributed by atoms with Gasteiger partial charge in [-0.05, 0) is 55.9 Å². The monoisotopic (exact) mass is 310 g/mol. The molecule has 0 radical (unpaired) electrons. The van der Waals surface area contributed by atoms with E-state index >= 15 is 0 Å². The van der Waals surface area contributed by atoms with Gasteiger partial charge in [0.2, 0.25) is 0 Å². The molecule has 2 atom stereocenters. The van der Waals surface area contributed by atoms with Gasteiger partial charge in [0.15, 0.2) is 5.60 Å². The summed E-state index contributed by atoms with van der Waals surface area (Å²) in [6.45, 7) is 7.44. The molecule has 2 unspecified atom stereocenters. The van der Waals surface area contributed by atoms with Crippen molar-refractivity contribution in [2.75, 3.05) is 0 Å². The van der Waals surface area contributed by atoms with Gasteiger partial charge in [0.25, 0.3) is 0 Å². The van der Waals surface area contributed by atoms with Gasteiger partial charge in [0.1, 0.15) is 0 Å². The van der Waals surface area contributed by atoms with E-state index in [-0.39, 0.29) is 5.92 Å². The lowest BCUT2D eigenvalue weighted by atomic mass is 9.84. The Morgan fingerprint density at radius 1 is 1.48 bits per heavy atom. The fourth-order valence-corrected chi connectivity index (χ4v) is 2.71. The zero-order valence-corrected chi connectivity index (χ0v) is 13.7. The molecule has 0 saturated carbocycles. The first-order valence-electron chi connectivity index (χ1n) is 7.11. The molecule has 21 heavy (non-hydrogen) atoms. The van der Waals surface area contributed by atoms with Gasteiger partial charge in [-0.1, -0.05) is 43.2 Å². The molecule has 0 bridgehead atoms. The number of carboxylic acid groups (broad SMARTS) is 1. The normalized spacial score (nSPS) is 16.4. The van der Waals surface area contributed by atoms with Crippen molar-refractivity contribution in [1.82, 2.24) is 0 Å². The van der Waals surface area contributed by atoms with E-state index in [0.717, 1.165) is 18.4 Å². The molecule has 0 aliphatic heterocycles. The molecule has 3 nitrogen and oxygen atoms in total. The van der Waals surface area contributed by atoms with Crippen LogP contribution in [0.15, 0.2) is 29.8 Å². The molecular formula is C17H23ClO3. The Morgan fingerprint density at radius 2 is 2.10 bits per heavy atom. The number of allylic oxidation sites excluding steroid dienone is 2. The highest BCUT2D eigenvalue weighted by Gasteiger charge is 2.35. The molecule has 0 aromatic heterocycles. The van der Waals surface area contributed by atoms with E-state index in [1.165, 1.54) is 12.5 Å². The summed E-state index contributed by atoms with van der Waals surface area (Å²) in [5.41, 5.74) is 0.497. The van der Waals surface area contributed by atoms with Gasteiger partial charge in [-0.25, -0.2) is 4.79 Å². The molecule has 2 N–H and O–H groups in total. The Kier molecular flexibility index (Phi) is 5.99. The van der Waals surface area contributed by atoms with Crippen LogP contribution >= 0.6 is 11.6 Å². The summed E-state index contributed by atoms with van der Waals surface area (Å²) < 4.78 is 0. The average molecular weight is 311 g/mol. The summed E-state index contributed by atoms with van der Waals surface area (Å²) in [5.74, 6) is -1.19. The maximum atomic E-state index is 11.3. The van der Waals surface area contributed by atoms with Gasteiger partial charge in [0, 0.05) is 5.02 Å². The lowest BCUT2D eigenvalue weighted by molar-refractivity contribution is -0.157. The van der Waals surface area contributed by atoms with Crippen molar-refractivity contribution >= 4 is 17.6 Å². The van der Waals surface area contributed by atoms with Crippen LogP contribution in [0.25, 0.3) is 0 Å². The third-order valence-electron chi connectivity index (χ3n) is 3.67. The summed E-state index contributed by atoms with van der Waals surface area (Å²) in [7, 11) is 0. The van der Waals surface area contributed by atoms with Crippen LogP contribution in [0, 0.1) is 0 Å². The van der Waals surface area contributed by atoms with E-state index in [1.807, 2.05) is 6.92 Å². The van der Waals surface area contributed by atoms with E-state index in [4.69, 9.17) is 11.6 Å². The number of carboxylic acids is 1. The van der Waals surface area contributed by atoms with Crippen LogP contribution in [0.5, 0.6) is 0 Å². The second-order valence-corrected chi connectivity index (χ2v) is 6.11. The molecular weight excluding hydrogens is 288 g/mol. The summed E-state index contributed by atoms with van der Waals surface area (Å²) in [4.78, 5) is 11.3. The molecule has 0 spiro atoms. The zero-order valence-electron chi connectivity index (χ0n) is 13.0. The van der Waals surface area contributed by atoms with E-state index in [0.29, 0.717) is 10.6 Å². The number of benzene rings is 1. The number of aliphatic hydroxyl groups is 1. The minimum atomic E-state index is -1.92. The predicted molar refractivity (Wildman–Crippen MR) is 85.7 cm³/mol. The zero-order chi connectivity index (χ0) is 16.2. The van der Waals surface area contributed by atoms with Crippen molar-refractivity contribution in [3.63, 3.8) is 0 Å². The smallest absolute Gasteiger partial charge is 0.340 e. The van der Waals surface area contributed by atoms with Crippen molar-refractivity contribution in [3.05, 3.63) is 46.0 Å². The van der Waals surface area contributed by atoms with E-state index in [9.17, 15) is 15.0 Å². The first-order chi connectivity index (χ1) is 9.70. The maximum absolute atomic E-state index is 11.3. The lowest BCUT2D eigenvalue weighted by Gasteiger charge is -2.25. The van der Waals surface area contributed by atoms with Gasteiger partial charge < -0.3 is 10.2 Å². The number of hydrogen-bond acceptors (Lipinski definition) is 2. The predicted octanol–water partition coefficient (Wildman–Crippen LogP) is 4.48. The lowest BCUT2D eigenvalue weighted by Crippen LogP contribution is -2.33. The van der Waals surface area contributed by atoms with Crippen LogP contribution in [-0.2, 0) is 10.4 Å². The quantitative estimate of drug-likeness (QED) is 0.761. The number of carbonyl (C=O) groups is 1. The highest BCUT2D eigenvalue weighted by Crippen LogP contribution is 2.34. The number of halogens is 1. The summed E-state index contributed by atoms with van der Waals surface area (Å²) in [6.07, 6.45) is 3.92.